The number of benzene rings is 1. The van der Waals surface area contributed by atoms with Crippen LogP contribution in [0.3, 0.4) is 0 Å². The fourth-order valence-corrected chi connectivity index (χ4v) is 1.78. The summed E-state index contributed by atoms with van der Waals surface area (Å²) in [6.07, 6.45) is -3.00. The maximum atomic E-state index is 12.7. The van der Waals surface area contributed by atoms with E-state index in [1.807, 2.05) is 0 Å². The molecule has 0 spiro atoms. The van der Waals surface area contributed by atoms with Gasteiger partial charge in [0.15, 0.2) is 0 Å². The van der Waals surface area contributed by atoms with Gasteiger partial charge in [0.05, 0.1) is 23.0 Å². The molecule has 1 aromatic carbocycles. The summed E-state index contributed by atoms with van der Waals surface area (Å²) in [4.78, 5) is 0. The van der Waals surface area contributed by atoms with Crippen LogP contribution in [-0.2, 0) is 11.7 Å². The Bertz CT molecular complexity index is 628. The zero-order valence-corrected chi connectivity index (χ0v) is 11.5. The molecule has 0 unspecified atom stereocenters. The fraction of sp³-hybridized carbons (Fsp3) is 0.333. The monoisotopic (exact) mass is 304 g/mol. The van der Waals surface area contributed by atoms with Gasteiger partial charge in [0, 0.05) is 5.02 Å². The van der Waals surface area contributed by atoms with Gasteiger partial charge in [0.1, 0.15) is 5.69 Å². The molecular formula is C12H12ClF3N4. The Hall–Kier alpha value is -1.60. The van der Waals surface area contributed by atoms with Gasteiger partial charge >= 0.3 is 6.18 Å². The van der Waals surface area contributed by atoms with Crippen molar-refractivity contribution >= 4 is 11.6 Å². The average molecular weight is 305 g/mol. The molecule has 0 fully saturated rings. The largest absolute Gasteiger partial charge is 0.416 e. The summed E-state index contributed by atoms with van der Waals surface area (Å²) in [6.45, 7) is 3.45. The third-order valence-electron chi connectivity index (χ3n) is 2.63. The Kier molecular flexibility index (Phi) is 3.51. The van der Waals surface area contributed by atoms with Crippen molar-refractivity contribution in [3.63, 3.8) is 0 Å². The lowest BCUT2D eigenvalue weighted by molar-refractivity contribution is -0.137. The van der Waals surface area contributed by atoms with Gasteiger partial charge < -0.3 is 5.73 Å². The van der Waals surface area contributed by atoms with Gasteiger partial charge in [-0.3, -0.25) is 0 Å². The standard InChI is InChI=1S/C12H12ClF3N4/c1-11(2,17)10-6-20(19-18-10)9-4-7(12(14,15)16)3-8(13)5-9/h3-6H,17H2,1-2H3. The van der Waals surface area contributed by atoms with E-state index in [1.54, 1.807) is 13.8 Å². The first-order valence-corrected chi connectivity index (χ1v) is 6.05. The normalized spacial score (nSPS) is 12.8. The molecule has 0 aliphatic rings. The highest BCUT2D eigenvalue weighted by atomic mass is 35.5. The number of nitrogens with two attached hydrogens (primary N) is 1. The third-order valence-corrected chi connectivity index (χ3v) is 2.85. The Morgan fingerprint density at radius 2 is 1.85 bits per heavy atom. The molecule has 0 bridgehead atoms. The van der Waals surface area contributed by atoms with Crippen molar-refractivity contribution in [1.29, 1.82) is 0 Å². The Balaban J connectivity index is 2.48. The topological polar surface area (TPSA) is 56.7 Å². The van der Waals surface area contributed by atoms with E-state index in [0.717, 1.165) is 12.1 Å². The number of rotatable bonds is 2. The van der Waals surface area contributed by atoms with Crippen molar-refractivity contribution in [1.82, 2.24) is 15.0 Å². The minimum absolute atomic E-state index is 0.0288. The molecule has 1 heterocycles. The quantitative estimate of drug-likeness (QED) is 0.927. The van der Waals surface area contributed by atoms with E-state index in [0.29, 0.717) is 5.69 Å². The molecule has 0 saturated carbocycles. The molecule has 2 N–H and O–H groups in total. The van der Waals surface area contributed by atoms with Crippen LogP contribution in [0.2, 0.25) is 5.02 Å². The summed E-state index contributed by atoms with van der Waals surface area (Å²) in [5, 5.41) is 7.60. The lowest BCUT2D eigenvalue weighted by atomic mass is 10.0. The molecule has 0 amide bonds. The van der Waals surface area contributed by atoms with E-state index in [4.69, 9.17) is 17.3 Å². The van der Waals surface area contributed by atoms with E-state index in [2.05, 4.69) is 10.3 Å². The van der Waals surface area contributed by atoms with Gasteiger partial charge in [-0.05, 0) is 32.0 Å². The molecule has 108 valence electrons. The van der Waals surface area contributed by atoms with Crippen LogP contribution in [0.4, 0.5) is 13.2 Å². The molecule has 0 radical (unpaired) electrons. The van der Waals surface area contributed by atoms with Crippen LogP contribution in [0.5, 0.6) is 0 Å². The summed E-state index contributed by atoms with van der Waals surface area (Å²) in [5.41, 5.74) is 4.92. The highest BCUT2D eigenvalue weighted by Crippen LogP contribution is 2.32. The predicted molar refractivity (Wildman–Crippen MR) is 68.6 cm³/mol. The van der Waals surface area contributed by atoms with E-state index in [-0.39, 0.29) is 10.7 Å². The third kappa shape index (κ3) is 3.10. The zero-order valence-electron chi connectivity index (χ0n) is 10.7. The van der Waals surface area contributed by atoms with Gasteiger partial charge in [0.2, 0.25) is 0 Å². The smallest absolute Gasteiger partial charge is 0.320 e. The van der Waals surface area contributed by atoms with Crippen molar-refractivity contribution in [3.05, 3.63) is 40.7 Å². The van der Waals surface area contributed by atoms with E-state index in [1.165, 1.54) is 16.9 Å². The molecule has 0 saturated heterocycles. The fourth-order valence-electron chi connectivity index (χ4n) is 1.56. The van der Waals surface area contributed by atoms with Crippen molar-refractivity contribution in [2.45, 2.75) is 25.6 Å². The van der Waals surface area contributed by atoms with E-state index >= 15 is 0 Å². The summed E-state index contributed by atoms with van der Waals surface area (Å²) in [6, 6.07) is 3.18. The minimum atomic E-state index is -4.48. The molecule has 2 rings (SSSR count). The van der Waals surface area contributed by atoms with Crippen LogP contribution < -0.4 is 5.73 Å². The Labute approximate surface area is 118 Å². The summed E-state index contributed by atoms with van der Waals surface area (Å²) in [5.74, 6) is 0. The highest BCUT2D eigenvalue weighted by molar-refractivity contribution is 6.30. The van der Waals surface area contributed by atoms with Crippen LogP contribution in [0.25, 0.3) is 5.69 Å². The van der Waals surface area contributed by atoms with Crippen molar-refractivity contribution in [2.24, 2.45) is 5.73 Å². The van der Waals surface area contributed by atoms with Crippen LogP contribution >= 0.6 is 11.6 Å². The zero-order chi connectivity index (χ0) is 15.1. The minimum Gasteiger partial charge on any atom is -0.320 e. The number of nitrogens with zero attached hydrogens (tertiary/aromatic N) is 3. The molecule has 20 heavy (non-hydrogen) atoms. The average Bonchev–Trinajstić information content (AvgIpc) is 2.75. The maximum absolute atomic E-state index is 12.7. The lowest BCUT2D eigenvalue weighted by Crippen LogP contribution is -2.29. The van der Waals surface area contributed by atoms with Crippen molar-refractivity contribution in [3.8, 4) is 5.69 Å². The van der Waals surface area contributed by atoms with E-state index < -0.39 is 17.3 Å². The van der Waals surface area contributed by atoms with Crippen LogP contribution in [0, 0.1) is 0 Å². The summed E-state index contributed by atoms with van der Waals surface area (Å²) < 4.78 is 39.4. The van der Waals surface area contributed by atoms with Gasteiger partial charge in [-0.1, -0.05) is 16.8 Å². The number of hydrogen-bond acceptors (Lipinski definition) is 3. The SMILES string of the molecule is CC(C)(N)c1cn(-c2cc(Cl)cc(C(F)(F)F)c2)nn1. The maximum Gasteiger partial charge on any atom is 0.416 e. The van der Waals surface area contributed by atoms with Crippen LogP contribution in [0.1, 0.15) is 25.1 Å². The second kappa shape index (κ2) is 4.75. The van der Waals surface area contributed by atoms with Gasteiger partial charge in [0.25, 0.3) is 0 Å². The van der Waals surface area contributed by atoms with Crippen LogP contribution in [-0.4, -0.2) is 15.0 Å². The first-order valence-electron chi connectivity index (χ1n) is 5.67. The van der Waals surface area contributed by atoms with Crippen molar-refractivity contribution < 1.29 is 13.2 Å². The number of aromatic nitrogens is 3. The van der Waals surface area contributed by atoms with Crippen LogP contribution in [0.15, 0.2) is 24.4 Å². The van der Waals surface area contributed by atoms with Gasteiger partial charge in [-0.15, -0.1) is 5.10 Å². The second-order valence-corrected chi connectivity index (χ2v) is 5.40. The first-order chi connectivity index (χ1) is 9.07. The number of halogens is 4. The molecule has 1 aromatic heterocycles. The van der Waals surface area contributed by atoms with Gasteiger partial charge in [-0.25, -0.2) is 4.68 Å². The molecule has 4 nitrogen and oxygen atoms in total. The molecule has 0 aliphatic heterocycles. The molecule has 0 aliphatic carbocycles. The lowest BCUT2D eigenvalue weighted by Gasteiger charge is -2.13. The molecule has 0 atom stereocenters. The second-order valence-electron chi connectivity index (χ2n) is 4.97. The Morgan fingerprint density at radius 3 is 2.35 bits per heavy atom. The Morgan fingerprint density at radius 1 is 1.20 bits per heavy atom. The number of alkyl halides is 3. The molecule has 8 heteroatoms. The highest BCUT2D eigenvalue weighted by Gasteiger charge is 2.31. The van der Waals surface area contributed by atoms with Gasteiger partial charge in [-0.2, -0.15) is 13.2 Å². The first kappa shape index (κ1) is 14.8. The molecule has 2 aromatic rings. The number of hydrogen-bond donors (Lipinski definition) is 1. The molecular weight excluding hydrogens is 293 g/mol. The predicted octanol–water partition coefficient (Wildman–Crippen LogP) is 3.13. The van der Waals surface area contributed by atoms with E-state index in [9.17, 15) is 13.2 Å². The summed E-state index contributed by atoms with van der Waals surface area (Å²) >= 11 is 5.72. The van der Waals surface area contributed by atoms with Crippen molar-refractivity contribution in [2.75, 3.05) is 0 Å². The summed E-state index contributed by atoms with van der Waals surface area (Å²) in [7, 11) is 0.